The molecule has 0 saturated carbocycles. The van der Waals surface area contributed by atoms with Crippen LogP contribution in [-0.4, -0.2) is 32.4 Å². The Morgan fingerprint density at radius 3 is 2.76 bits per heavy atom. The summed E-state index contributed by atoms with van der Waals surface area (Å²) in [6.45, 7) is 9.00. The molecule has 0 aliphatic rings. The number of rotatable bonds is 9. The molecule has 1 aromatic carbocycles. The van der Waals surface area contributed by atoms with E-state index in [1.807, 2.05) is 27.7 Å². The molecule has 0 aliphatic carbocycles. The van der Waals surface area contributed by atoms with E-state index in [-0.39, 0.29) is 16.9 Å². The van der Waals surface area contributed by atoms with Crippen LogP contribution in [0.4, 0.5) is 0 Å². The van der Waals surface area contributed by atoms with E-state index in [0.29, 0.717) is 58.8 Å². The van der Waals surface area contributed by atoms with Crippen molar-refractivity contribution in [2.75, 3.05) is 6.61 Å². The van der Waals surface area contributed by atoms with E-state index in [1.165, 1.54) is 11.8 Å². The van der Waals surface area contributed by atoms with Gasteiger partial charge in [0.25, 0.3) is 5.56 Å². The lowest BCUT2D eigenvalue weighted by molar-refractivity contribution is 0.0743. The molecule has 9 heteroatoms. The zero-order chi connectivity index (χ0) is 21.0. The fraction of sp³-hybridized carbons (Fsp3) is 0.500. The average Bonchev–Trinajstić information content (AvgIpc) is 3.16. The quantitative estimate of drug-likeness (QED) is 0.274. The second-order valence-corrected chi connectivity index (χ2v) is 8.69. The maximum atomic E-state index is 13.1. The molecule has 0 amide bonds. The minimum atomic E-state index is -0.149. The third-order valence-corrected chi connectivity index (χ3v) is 5.60. The molecule has 2 aromatic heterocycles. The number of benzene rings is 1. The van der Waals surface area contributed by atoms with Gasteiger partial charge in [-0.2, -0.15) is 4.98 Å². The van der Waals surface area contributed by atoms with Crippen LogP contribution in [0.5, 0.6) is 0 Å². The topological polar surface area (TPSA) is 83.0 Å². The number of halogens is 1. The molecule has 29 heavy (non-hydrogen) atoms. The van der Waals surface area contributed by atoms with Crippen molar-refractivity contribution in [3.8, 4) is 0 Å². The van der Waals surface area contributed by atoms with Gasteiger partial charge in [-0.1, -0.05) is 35.4 Å². The summed E-state index contributed by atoms with van der Waals surface area (Å²) >= 11 is 7.53. The number of aromatic nitrogens is 4. The van der Waals surface area contributed by atoms with Gasteiger partial charge in [0.15, 0.2) is 11.0 Å². The largest absolute Gasteiger partial charge is 0.379 e. The Morgan fingerprint density at radius 2 is 2.07 bits per heavy atom. The summed E-state index contributed by atoms with van der Waals surface area (Å²) in [6, 6.07) is 5.14. The SMILES string of the molecule is CCc1noc(C(C)Sc2nc3cc(Cl)ccc3c(=O)n2CCCOC(C)C)n1. The second-order valence-electron chi connectivity index (χ2n) is 6.95. The molecule has 0 fully saturated rings. The minimum absolute atomic E-state index is 0.0920. The molecular formula is C20H25ClN4O3S. The highest BCUT2D eigenvalue weighted by molar-refractivity contribution is 7.99. The van der Waals surface area contributed by atoms with Crippen LogP contribution in [-0.2, 0) is 17.7 Å². The molecule has 0 aliphatic heterocycles. The van der Waals surface area contributed by atoms with E-state index in [9.17, 15) is 4.79 Å². The Bertz CT molecular complexity index is 1030. The predicted molar refractivity (Wildman–Crippen MR) is 115 cm³/mol. The molecule has 0 N–H and O–H groups in total. The zero-order valence-electron chi connectivity index (χ0n) is 17.0. The van der Waals surface area contributed by atoms with Crippen LogP contribution in [0.25, 0.3) is 10.9 Å². The molecule has 0 bridgehead atoms. The van der Waals surface area contributed by atoms with Gasteiger partial charge < -0.3 is 9.26 Å². The van der Waals surface area contributed by atoms with Gasteiger partial charge in [0.1, 0.15) is 0 Å². The van der Waals surface area contributed by atoms with Crippen molar-refractivity contribution in [2.24, 2.45) is 0 Å². The molecule has 1 atom stereocenters. The Balaban J connectivity index is 1.93. The number of aryl methyl sites for hydroxylation is 1. The Morgan fingerprint density at radius 1 is 1.28 bits per heavy atom. The van der Waals surface area contributed by atoms with Crippen molar-refractivity contribution in [3.05, 3.63) is 45.3 Å². The summed E-state index contributed by atoms with van der Waals surface area (Å²) < 4.78 is 12.7. The molecule has 3 aromatic rings. The van der Waals surface area contributed by atoms with Crippen molar-refractivity contribution in [1.29, 1.82) is 0 Å². The van der Waals surface area contributed by atoms with Gasteiger partial charge in [-0.15, -0.1) is 0 Å². The molecular weight excluding hydrogens is 412 g/mol. The van der Waals surface area contributed by atoms with E-state index in [0.717, 1.165) is 0 Å². The molecule has 0 saturated heterocycles. The highest BCUT2D eigenvalue weighted by atomic mass is 35.5. The highest BCUT2D eigenvalue weighted by Crippen LogP contribution is 2.33. The molecule has 7 nitrogen and oxygen atoms in total. The second kappa shape index (κ2) is 9.73. The summed E-state index contributed by atoms with van der Waals surface area (Å²) in [5.74, 6) is 1.18. The molecule has 2 heterocycles. The zero-order valence-corrected chi connectivity index (χ0v) is 18.6. The van der Waals surface area contributed by atoms with Gasteiger partial charge in [-0.3, -0.25) is 9.36 Å². The van der Waals surface area contributed by atoms with E-state index in [2.05, 4.69) is 10.1 Å². The number of fused-ring (bicyclic) bond motifs is 1. The molecule has 0 radical (unpaired) electrons. The van der Waals surface area contributed by atoms with Crippen LogP contribution >= 0.6 is 23.4 Å². The molecule has 1 unspecified atom stereocenters. The summed E-state index contributed by atoms with van der Waals surface area (Å²) in [4.78, 5) is 22.2. The lowest BCUT2D eigenvalue weighted by Crippen LogP contribution is -2.24. The summed E-state index contributed by atoms with van der Waals surface area (Å²) in [5, 5.41) is 5.49. The summed E-state index contributed by atoms with van der Waals surface area (Å²) in [5.41, 5.74) is 0.484. The Hall–Kier alpha value is -1.90. The lowest BCUT2D eigenvalue weighted by Gasteiger charge is -2.15. The maximum Gasteiger partial charge on any atom is 0.262 e. The number of hydrogen-bond donors (Lipinski definition) is 0. The van der Waals surface area contributed by atoms with Crippen molar-refractivity contribution < 1.29 is 9.26 Å². The smallest absolute Gasteiger partial charge is 0.262 e. The minimum Gasteiger partial charge on any atom is -0.379 e. The number of ether oxygens (including phenoxy) is 1. The van der Waals surface area contributed by atoms with Crippen molar-refractivity contribution in [3.63, 3.8) is 0 Å². The first-order chi connectivity index (χ1) is 13.9. The number of nitrogens with zero attached hydrogens (tertiary/aromatic N) is 4. The first-order valence-corrected chi connectivity index (χ1v) is 11.0. The van der Waals surface area contributed by atoms with Crippen LogP contribution < -0.4 is 5.56 Å². The number of hydrogen-bond acceptors (Lipinski definition) is 7. The van der Waals surface area contributed by atoms with E-state index in [4.69, 9.17) is 25.8 Å². The van der Waals surface area contributed by atoms with Crippen molar-refractivity contribution >= 4 is 34.3 Å². The third kappa shape index (κ3) is 5.38. The fourth-order valence-corrected chi connectivity index (χ4v) is 3.92. The monoisotopic (exact) mass is 436 g/mol. The summed E-state index contributed by atoms with van der Waals surface area (Å²) in [7, 11) is 0. The van der Waals surface area contributed by atoms with E-state index < -0.39 is 0 Å². The Kier molecular flexibility index (Phi) is 7.32. The first-order valence-electron chi connectivity index (χ1n) is 9.69. The predicted octanol–water partition coefficient (Wildman–Crippen LogP) is 4.66. The first kappa shape index (κ1) is 21.8. The molecule has 156 valence electrons. The lowest BCUT2D eigenvalue weighted by atomic mass is 10.2. The summed E-state index contributed by atoms with van der Waals surface area (Å²) in [6.07, 6.45) is 1.57. The van der Waals surface area contributed by atoms with Crippen LogP contribution in [0.15, 0.2) is 32.7 Å². The van der Waals surface area contributed by atoms with Crippen molar-refractivity contribution in [1.82, 2.24) is 19.7 Å². The van der Waals surface area contributed by atoms with Gasteiger partial charge in [-0.05, 0) is 45.4 Å². The van der Waals surface area contributed by atoms with Crippen LogP contribution in [0, 0.1) is 0 Å². The third-order valence-electron chi connectivity index (χ3n) is 4.29. The van der Waals surface area contributed by atoms with Gasteiger partial charge in [0.05, 0.1) is 22.3 Å². The van der Waals surface area contributed by atoms with Crippen molar-refractivity contribution in [2.45, 2.75) is 63.6 Å². The average molecular weight is 437 g/mol. The van der Waals surface area contributed by atoms with E-state index in [1.54, 1.807) is 22.8 Å². The molecule has 0 spiro atoms. The Labute approximate surface area is 178 Å². The standard InChI is InChI=1S/C20H25ClN4O3S/c1-5-17-23-18(28-24-17)13(4)29-20-22-16-11-14(21)7-8-15(16)19(26)25(20)9-6-10-27-12(2)3/h7-8,11-13H,5-6,9-10H2,1-4H3. The van der Waals surface area contributed by atoms with Crippen LogP contribution in [0.3, 0.4) is 0 Å². The van der Waals surface area contributed by atoms with Gasteiger partial charge in [0.2, 0.25) is 5.89 Å². The highest BCUT2D eigenvalue weighted by Gasteiger charge is 2.20. The van der Waals surface area contributed by atoms with Gasteiger partial charge in [-0.25, -0.2) is 4.98 Å². The van der Waals surface area contributed by atoms with E-state index >= 15 is 0 Å². The van der Waals surface area contributed by atoms with Gasteiger partial charge in [0, 0.05) is 24.6 Å². The number of thioether (sulfide) groups is 1. The normalized spacial score (nSPS) is 12.8. The van der Waals surface area contributed by atoms with Crippen LogP contribution in [0.1, 0.15) is 51.1 Å². The van der Waals surface area contributed by atoms with Crippen LogP contribution in [0.2, 0.25) is 5.02 Å². The van der Waals surface area contributed by atoms with Gasteiger partial charge >= 0.3 is 0 Å². The molecule has 3 rings (SSSR count). The maximum absolute atomic E-state index is 13.1. The fourth-order valence-electron chi connectivity index (χ4n) is 2.79.